The molecule has 1 aromatic heterocycles. The van der Waals surface area contributed by atoms with E-state index in [1.165, 1.54) is 0 Å². The second-order valence-corrected chi connectivity index (χ2v) is 3.79. The molecule has 0 aliphatic rings. The maximum atomic E-state index is 9.00. The van der Waals surface area contributed by atoms with Gasteiger partial charge in [-0.15, -0.1) is 0 Å². The van der Waals surface area contributed by atoms with Gasteiger partial charge < -0.3 is 10.8 Å². The molecular weight excluding hydrogens is 220 g/mol. The molecule has 0 spiro atoms. The first-order chi connectivity index (χ1) is 5.58. The van der Waals surface area contributed by atoms with Crippen molar-refractivity contribution < 1.29 is 5.11 Å². The molecule has 1 aromatic rings. The van der Waals surface area contributed by atoms with Gasteiger partial charge in [-0.1, -0.05) is 15.9 Å². The van der Waals surface area contributed by atoms with E-state index in [1.807, 2.05) is 0 Å². The summed E-state index contributed by atoms with van der Waals surface area (Å²) < 4.78 is 0.872. The minimum atomic E-state index is -0.729. The van der Waals surface area contributed by atoms with Gasteiger partial charge in [0.15, 0.2) is 0 Å². The van der Waals surface area contributed by atoms with Crippen LogP contribution in [0.3, 0.4) is 0 Å². The van der Waals surface area contributed by atoms with E-state index in [1.54, 1.807) is 25.4 Å². The van der Waals surface area contributed by atoms with Gasteiger partial charge in [-0.25, -0.2) is 0 Å². The van der Waals surface area contributed by atoms with Crippen LogP contribution in [0, 0.1) is 0 Å². The maximum absolute atomic E-state index is 9.00. The van der Waals surface area contributed by atoms with Gasteiger partial charge in [0.05, 0.1) is 12.1 Å². The Morgan fingerprint density at radius 1 is 1.75 bits per heavy atom. The first kappa shape index (κ1) is 9.64. The minimum absolute atomic E-state index is 0.0999. The molecule has 3 N–H and O–H groups in total. The molecule has 0 saturated carbocycles. The van der Waals surface area contributed by atoms with E-state index in [4.69, 9.17) is 10.8 Å². The second kappa shape index (κ2) is 3.51. The number of hydrogen-bond acceptors (Lipinski definition) is 3. The molecule has 3 nitrogen and oxygen atoms in total. The monoisotopic (exact) mass is 230 g/mol. The van der Waals surface area contributed by atoms with Gasteiger partial charge in [-0.05, 0) is 13.0 Å². The van der Waals surface area contributed by atoms with Crippen LogP contribution in [0.25, 0.3) is 0 Å². The van der Waals surface area contributed by atoms with Crippen molar-refractivity contribution in [2.45, 2.75) is 12.5 Å². The third-order valence-electron chi connectivity index (χ3n) is 1.71. The molecule has 0 amide bonds. The van der Waals surface area contributed by atoms with Crippen LogP contribution in [0.5, 0.6) is 0 Å². The van der Waals surface area contributed by atoms with E-state index in [-0.39, 0.29) is 6.61 Å². The average molecular weight is 231 g/mol. The van der Waals surface area contributed by atoms with E-state index < -0.39 is 5.54 Å². The summed E-state index contributed by atoms with van der Waals surface area (Å²) >= 11 is 3.34. The van der Waals surface area contributed by atoms with Crippen molar-refractivity contribution in [2.75, 3.05) is 6.61 Å². The Balaban J connectivity index is 3.10. The molecule has 66 valence electrons. The highest BCUT2D eigenvalue weighted by Crippen LogP contribution is 2.24. The molecule has 0 aliphatic heterocycles. The SMILES string of the molecule is CC(N)(CO)c1cnccc1Br. The van der Waals surface area contributed by atoms with Crippen LogP contribution in [-0.4, -0.2) is 16.7 Å². The fraction of sp³-hybridized carbons (Fsp3) is 0.375. The lowest BCUT2D eigenvalue weighted by atomic mass is 9.96. The van der Waals surface area contributed by atoms with Crippen LogP contribution in [0.15, 0.2) is 22.9 Å². The van der Waals surface area contributed by atoms with Gasteiger partial charge in [0.2, 0.25) is 0 Å². The summed E-state index contributed by atoms with van der Waals surface area (Å²) in [6.45, 7) is 1.66. The lowest BCUT2D eigenvalue weighted by molar-refractivity contribution is 0.209. The number of nitrogens with two attached hydrogens (primary N) is 1. The van der Waals surface area contributed by atoms with Crippen LogP contribution in [-0.2, 0) is 5.54 Å². The second-order valence-electron chi connectivity index (χ2n) is 2.93. The first-order valence-electron chi connectivity index (χ1n) is 3.57. The lowest BCUT2D eigenvalue weighted by Gasteiger charge is -2.22. The summed E-state index contributed by atoms with van der Waals surface area (Å²) in [7, 11) is 0. The number of aromatic nitrogens is 1. The molecule has 0 radical (unpaired) electrons. The lowest BCUT2D eigenvalue weighted by Crippen LogP contribution is -2.37. The Morgan fingerprint density at radius 2 is 2.42 bits per heavy atom. The Morgan fingerprint density at radius 3 is 2.92 bits per heavy atom. The summed E-state index contributed by atoms with van der Waals surface area (Å²) in [5.41, 5.74) is 5.90. The molecule has 1 atom stereocenters. The van der Waals surface area contributed by atoms with Gasteiger partial charge in [0, 0.05) is 22.4 Å². The number of pyridine rings is 1. The van der Waals surface area contributed by atoms with Crippen molar-refractivity contribution in [2.24, 2.45) is 5.73 Å². The minimum Gasteiger partial charge on any atom is -0.394 e. The van der Waals surface area contributed by atoms with E-state index in [2.05, 4.69) is 20.9 Å². The molecule has 0 aromatic carbocycles. The molecule has 4 heteroatoms. The molecule has 0 aliphatic carbocycles. The van der Waals surface area contributed by atoms with Crippen molar-refractivity contribution >= 4 is 15.9 Å². The summed E-state index contributed by atoms with van der Waals surface area (Å²) in [5.74, 6) is 0. The normalized spacial score (nSPS) is 15.7. The third kappa shape index (κ3) is 1.83. The van der Waals surface area contributed by atoms with Crippen molar-refractivity contribution in [1.29, 1.82) is 0 Å². The standard InChI is InChI=1S/C8H11BrN2O/c1-8(10,5-12)6-4-11-3-2-7(6)9/h2-4,12H,5,10H2,1H3. The summed E-state index contributed by atoms with van der Waals surface area (Å²) in [5, 5.41) is 9.00. The molecule has 0 fully saturated rings. The topological polar surface area (TPSA) is 59.1 Å². The van der Waals surface area contributed by atoms with Crippen LogP contribution in [0.1, 0.15) is 12.5 Å². The van der Waals surface area contributed by atoms with Crippen molar-refractivity contribution in [3.63, 3.8) is 0 Å². The van der Waals surface area contributed by atoms with Gasteiger partial charge in [-0.2, -0.15) is 0 Å². The van der Waals surface area contributed by atoms with E-state index in [0.717, 1.165) is 10.0 Å². The third-order valence-corrected chi connectivity index (χ3v) is 2.40. The fourth-order valence-corrected chi connectivity index (χ4v) is 1.56. The highest BCUT2D eigenvalue weighted by atomic mass is 79.9. The van der Waals surface area contributed by atoms with E-state index in [0.29, 0.717) is 0 Å². The van der Waals surface area contributed by atoms with Crippen LogP contribution in [0.4, 0.5) is 0 Å². The van der Waals surface area contributed by atoms with E-state index in [9.17, 15) is 0 Å². The molecule has 0 bridgehead atoms. The van der Waals surface area contributed by atoms with Gasteiger partial charge in [0.25, 0.3) is 0 Å². The average Bonchev–Trinajstić information content (AvgIpc) is 2.05. The van der Waals surface area contributed by atoms with E-state index >= 15 is 0 Å². The number of nitrogens with zero attached hydrogens (tertiary/aromatic N) is 1. The van der Waals surface area contributed by atoms with Gasteiger partial charge in [0.1, 0.15) is 0 Å². The zero-order valence-electron chi connectivity index (χ0n) is 6.79. The Labute approximate surface area is 79.7 Å². The van der Waals surface area contributed by atoms with Crippen LogP contribution in [0.2, 0.25) is 0 Å². The fourth-order valence-electron chi connectivity index (χ4n) is 0.883. The smallest absolute Gasteiger partial charge is 0.0651 e. The summed E-state index contributed by atoms with van der Waals surface area (Å²) in [4.78, 5) is 3.94. The molecule has 1 unspecified atom stereocenters. The first-order valence-corrected chi connectivity index (χ1v) is 4.37. The zero-order valence-corrected chi connectivity index (χ0v) is 8.37. The molecule has 0 saturated heterocycles. The van der Waals surface area contributed by atoms with Gasteiger partial charge >= 0.3 is 0 Å². The zero-order chi connectivity index (χ0) is 9.19. The van der Waals surface area contributed by atoms with Crippen molar-refractivity contribution in [3.8, 4) is 0 Å². The Bertz CT molecular complexity index is 276. The summed E-state index contributed by atoms with van der Waals surface area (Å²) in [6.07, 6.45) is 3.32. The number of rotatable bonds is 2. The maximum Gasteiger partial charge on any atom is 0.0651 e. The highest BCUT2D eigenvalue weighted by molar-refractivity contribution is 9.10. The predicted octanol–water partition coefficient (Wildman–Crippen LogP) is 1.01. The molecular formula is C8H11BrN2O. The number of aliphatic hydroxyl groups excluding tert-OH is 1. The Hall–Kier alpha value is -0.450. The molecule has 12 heavy (non-hydrogen) atoms. The number of aliphatic hydroxyl groups is 1. The molecule has 1 heterocycles. The molecule has 1 rings (SSSR count). The number of halogens is 1. The number of hydrogen-bond donors (Lipinski definition) is 2. The van der Waals surface area contributed by atoms with Gasteiger partial charge in [-0.3, -0.25) is 4.98 Å². The van der Waals surface area contributed by atoms with Crippen molar-refractivity contribution in [1.82, 2.24) is 4.98 Å². The highest BCUT2D eigenvalue weighted by Gasteiger charge is 2.22. The largest absolute Gasteiger partial charge is 0.394 e. The van der Waals surface area contributed by atoms with Crippen molar-refractivity contribution in [3.05, 3.63) is 28.5 Å². The predicted molar refractivity (Wildman–Crippen MR) is 50.6 cm³/mol. The van der Waals surface area contributed by atoms with Crippen LogP contribution >= 0.6 is 15.9 Å². The quantitative estimate of drug-likeness (QED) is 0.798. The summed E-state index contributed by atoms with van der Waals surface area (Å²) in [6, 6.07) is 1.80. The Kier molecular flexibility index (Phi) is 2.82. The van der Waals surface area contributed by atoms with Crippen LogP contribution < -0.4 is 5.73 Å².